The molecular formula is C35H40N4O7S. The van der Waals surface area contributed by atoms with Gasteiger partial charge in [0.15, 0.2) is 6.04 Å². The van der Waals surface area contributed by atoms with Crippen LogP contribution in [0.15, 0.2) is 65.1 Å². The van der Waals surface area contributed by atoms with Gasteiger partial charge in [0, 0.05) is 25.1 Å². The minimum atomic E-state index is -2.31. The second-order valence-corrected chi connectivity index (χ2v) is 12.9. The number of nitrogens with one attached hydrogen (secondary N) is 2. The summed E-state index contributed by atoms with van der Waals surface area (Å²) in [6.45, 7) is 4.04. The largest absolute Gasteiger partial charge is 0.467 e. The summed E-state index contributed by atoms with van der Waals surface area (Å²) in [5.74, 6) is -0.987. The first-order valence-corrected chi connectivity index (χ1v) is 16.7. The molecule has 0 saturated heterocycles. The van der Waals surface area contributed by atoms with E-state index in [2.05, 4.69) is 10.6 Å². The van der Waals surface area contributed by atoms with E-state index in [1.807, 2.05) is 43.3 Å². The maximum Gasteiger partial charge on any atom is 0.333 e. The molecule has 11 nitrogen and oxygen atoms in total. The smallest absolute Gasteiger partial charge is 0.333 e. The van der Waals surface area contributed by atoms with Crippen molar-refractivity contribution in [2.45, 2.75) is 58.0 Å². The number of carbonyl (C=O) groups excluding carboxylic acids is 3. The zero-order valence-corrected chi connectivity index (χ0v) is 27.8. The van der Waals surface area contributed by atoms with Crippen LogP contribution in [0.3, 0.4) is 0 Å². The van der Waals surface area contributed by atoms with Gasteiger partial charge in [-0.15, -0.1) is 0 Å². The van der Waals surface area contributed by atoms with Crippen LogP contribution in [0.2, 0.25) is 0 Å². The predicted molar refractivity (Wildman–Crippen MR) is 178 cm³/mol. The fourth-order valence-corrected chi connectivity index (χ4v) is 6.14. The van der Waals surface area contributed by atoms with Crippen molar-refractivity contribution in [3.8, 4) is 11.3 Å². The van der Waals surface area contributed by atoms with E-state index in [-0.39, 0.29) is 36.5 Å². The van der Waals surface area contributed by atoms with Gasteiger partial charge >= 0.3 is 5.97 Å². The second kappa shape index (κ2) is 15.0. The Hall–Kier alpha value is -4.39. The van der Waals surface area contributed by atoms with Crippen molar-refractivity contribution in [2.24, 2.45) is 5.92 Å². The first kappa shape index (κ1) is 34.0. The van der Waals surface area contributed by atoms with Gasteiger partial charge in [0.2, 0.25) is 22.9 Å². The minimum Gasteiger partial charge on any atom is -0.467 e. The number of fused-ring (bicyclic) bond motifs is 1. The van der Waals surface area contributed by atoms with Crippen LogP contribution < -0.4 is 10.6 Å². The fourth-order valence-electron chi connectivity index (χ4n) is 5.62. The Kier molecular flexibility index (Phi) is 10.8. The van der Waals surface area contributed by atoms with Gasteiger partial charge in [-0.2, -0.15) is 4.31 Å². The lowest BCUT2D eigenvalue weighted by atomic mass is 10.0. The summed E-state index contributed by atoms with van der Waals surface area (Å²) in [7, 11) is 2.85. The molecule has 5 rings (SSSR count). The molecule has 1 saturated carbocycles. The number of hydrogen-bond acceptors (Lipinski definition) is 7. The molecule has 0 spiro atoms. The predicted octanol–water partition coefficient (Wildman–Crippen LogP) is 5.43. The molecule has 12 heteroatoms. The molecule has 3 N–H and O–H groups in total. The van der Waals surface area contributed by atoms with Crippen molar-refractivity contribution in [2.75, 3.05) is 20.7 Å². The number of rotatable bonds is 14. The van der Waals surface area contributed by atoms with Gasteiger partial charge in [0.25, 0.3) is 5.91 Å². The highest BCUT2D eigenvalue weighted by atomic mass is 32.2. The van der Waals surface area contributed by atoms with Crippen LogP contribution in [0.25, 0.3) is 22.4 Å². The molecule has 0 radical (unpaired) electrons. The normalized spacial score (nSPS) is 14.9. The number of methoxy groups -OCH3 is 1. The van der Waals surface area contributed by atoms with Crippen molar-refractivity contribution in [1.82, 2.24) is 19.9 Å². The standard InChI is InChI=1S/C35H40N4O7S/c1-21-12-14-25(15-13-21)31-29(33(41)36-3)27-19-26(23-16-17-23)28(37-34(27)46-31)20-39(47(43)44)18-8-9-22(2)32(40)38-30(35(42)45-4)24-10-6-5-7-11-24/h5-7,10-15,19,22-23,30H,8-9,16-18,20H2,1-4H3,(H,36,41)(H,38,40)(H,43,44). The number of amides is 2. The van der Waals surface area contributed by atoms with Gasteiger partial charge in [-0.1, -0.05) is 67.1 Å². The van der Waals surface area contributed by atoms with Crippen LogP contribution in [0.1, 0.15) is 77.3 Å². The molecule has 1 fully saturated rings. The lowest BCUT2D eigenvalue weighted by Crippen LogP contribution is -2.37. The van der Waals surface area contributed by atoms with Crippen LogP contribution in [-0.2, 0) is 32.1 Å². The molecular weight excluding hydrogens is 620 g/mol. The summed E-state index contributed by atoms with van der Waals surface area (Å²) in [5, 5.41) is 6.09. The highest BCUT2D eigenvalue weighted by molar-refractivity contribution is 7.76. The number of ether oxygens (including phenoxy) is 1. The maximum atomic E-state index is 13.1. The van der Waals surface area contributed by atoms with Crippen LogP contribution in [0.4, 0.5) is 0 Å². The zero-order chi connectivity index (χ0) is 33.7. The van der Waals surface area contributed by atoms with Crippen molar-refractivity contribution < 1.29 is 32.3 Å². The lowest BCUT2D eigenvalue weighted by molar-refractivity contribution is -0.145. The molecule has 1 aliphatic rings. The van der Waals surface area contributed by atoms with Gasteiger partial charge in [0.05, 0.1) is 30.3 Å². The van der Waals surface area contributed by atoms with E-state index in [0.717, 1.165) is 29.5 Å². The average molecular weight is 661 g/mol. The molecule has 0 aliphatic heterocycles. The van der Waals surface area contributed by atoms with Crippen LogP contribution in [0, 0.1) is 12.8 Å². The minimum absolute atomic E-state index is 0.0831. The van der Waals surface area contributed by atoms with E-state index in [0.29, 0.717) is 40.8 Å². The van der Waals surface area contributed by atoms with Crippen LogP contribution >= 0.6 is 0 Å². The number of pyridine rings is 1. The highest BCUT2D eigenvalue weighted by Gasteiger charge is 2.32. The summed E-state index contributed by atoms with van der Waals surface area (Å²) in [5.41, 5.74) is 4.67. The molecule has 47 heavy (non-hydrogen) atoms. The topological polar surface area (TPSA) is 151 Å². The summed E-state index contributed by atoms with van der Waals surface area (Å²) >= 11 is -2.31. The van der Waals surface area contributed by atoms with Gasteiger partial charge < -0.3 is 19.8 Å². The Morgan fingerprint density at radius 2 is 1.83 bits per heavy atom. The van der Waals surface area contributed by atoms with E-state index >= 15 is 0 Å². The Morgan fingerprint density at radius 3 is 2.45 bits per heavy atom. The third-order valence-corrected chi connectivity index (χ3v) is 9.23. The third kappa shape index (κ3) is 7.95. The molecule has 2 heterocycles. The van der Waals surface area contributed by atoms with Crippen molar-refractivity contribution >= 4 is 40.1 Å². The molecule has 0 bridgehead atoms. The molecule has 3 atom stereocenters. The zero-order valence-electron chi connectivity index (χ0n) is 26.9. The molecule has 2 amide bonds. The number of furan rings is 1. The van der Waals surface area contributed by atoms with Crippen LogP contribution in [0.5, 0.6) is 0 Å². The lowest BCUT2D eigenvalue weighted by Gasteiger charge is -2.21. The molecule has 2 aromatic heterocycles. The van der Waals surface area contributed by atoms with Crippen molar-refractivity contribution in [1.29, 1.82) is 0 Å². The van der Waals surface area contributed by atoms with Gasteiger partial charge in [0.1, 0.15) is 5.76 Å². The number of carbonyl (C=O) groups is 3. The van der Waals surface area contributed by atoms with E-state index in [1.54, 1.807) is 38.2 Å². The van der Waals surface area contributed by atoms with E-state index < -0.39 is 29.2 Å². The van der Waals surface area contributed by atoms with Crippen molar-refractivity contribution in [3.05, 3.63) is 88.6 Å². The van der Waals surface area contributed by atoms with Crippen LogP contribution in [-0.4, -0.2) is 56.5 Å². The van der Waals surface area contributed by atoms with E-state index in [1.165, 1.54) is 11.4 Å². The van der Waals surface area contributed by atoms with Gasteiger partial charge in [-0.05, 0) is 55.7 Å². The van der Waals surface area contributed by atoms with Crippen molar-refractivity contribution in [3.63, 3.8) is 0 Å². The Labute approximate surface area is 276 Å². The number of hydrogen-bond donors (Lipinski definition) is 3. The van der Waals surface area contributed by atoms with Gasteiger partial charge in [-0.25, -0.2) is 14.0 Å². The molecule has 3 unspecified atom stereocenters. The second-order valence-electron chi connectivity index (χ2n) is 11.9. The number of esters is 1. The molecule has 2 aromatic carbocycles. The first-order chi connectivity index (χ1) is 22.6. The summed E-state index contributed by atoms with van der Waals surface area (Å²) in [6, 6.07) is 17.6. The highest BCUT2D eigenvalue weighted by Crippen LogP contribution is 2.44. The van der Waals surface area contributed by atoms with E-state index in [9.17, 15) is 23.1 Å². The fraction of sp³-hybridized carbons (Fsp3) is 0.371. The molecule has 248 valence electrons. The quantitative estimate of drug-likeness (QED) is 0.120. The monoisotopic (exact) mass is 660 g/mol. The molecule has 4 aromatic rings. The third-order valence-electron chi connectivity index (χ3n) is 8.48. The Bertz CT molecular complexity index is 1770. The number of benzene rings is 2. The SMILES string of the molecule is CNC(=O)c1c(-c2ccc(C)cc2)oc2nc(CN(CCCC(C)C(=O)NC(C(=O)OC)c3ccccc3)S(=O)O)c(C3CC3)cc12. The Balaban J connectivity index is 1.32. The number of aryl methyl sites for hydroxylation is 1. The Morgan fingerprint density at radius 1 is 1.13 bits per heavy atom. The summed E-state index contributed by atoms with van der Waals surface area (Å²) in [4.78, 5) is 43.3. The van der Waals surface area contributed by atoms with Gasteiger partial charge in [-0.3, -0.25) is 14.1 Å². The van der Waals surface area contributed by atoms with E-state index in [4.69, 9.17) is 14.1 Å². The molecule has 1 aliphatic carbocycles. The average Bonchev–Trinajstić information content (AvgIpc) is 3.86. The summed E-state index contributed by atoms with van der Waals surface area (Å²) < 4.78 is 35.2. The number of nitrogens with zero attached hydrogens (tertiary/aromatic N) is 2. The first-order valence-electron chi connectivity index (χ1n) is 15.7. The maximum absolute atomic E-state index is 13.1. The number of aromatic nitrogens is 1. The summed E-state index contributed by atoms with van der Waals surface area (Å²) in [6.07, 6.45) is 2.78.